The SMILES string of the molecule is CC(C)c1cc2c(=O)[nH]c3c(F)cc(C#N)cc3c2cc1F. The summed E-state index contributed by atoms with van der Waals surface area (Å²) >= 11 is 0. The van der Waals surface area contributed by atoms with E-state index >= 15 is 0 Å². The molecule has 1 heterocycles. The molecule has 0 atom stereocenters. The molecule has 1 N–H and O–H groups in total. The van der Waals surface area contributed by atoms with Gasteiger partial charge in [0.1, 0.15) is 11.6 Å². The monoisotopic (exact) mass is 298 g/mol. The zero-order valence-corrected chi connectivity index (χ0v) is 12.0. The number of pyridine rings is 1. The minimum absolute atomic E-state index is 0.0202. The second-order valence-corrected chi connectivity index (χ2v) is 5.52. The van der Waals surface area contributed by atoms with Gasteiger partial charge in [-0.3, -0.25) is 4.79 Å². The summed E-state index contributed by atoms with van der Waals surface area (Å²) in [5.74, 6) is -1.24. The van der Waals surface area contributed by atoms with E-state index in [0.717, 1.165) is 6.07 Å². The number of nitrogens with one attached hydrogen (secondary N) is 1. The molecule has 22 heavy (non-hydrogen) atoms. The first-order valence-corrected chi connectivity index (χ1v) is 6.81. The highest BCUT2D eigenvalue weighted by Crippen LogP contribution is 2.29. The maximum absolute atomic E-state index is 14.2. The largest absolute Gasteiger partial charge is 0.319 e. The molecular formula is C17H12F2N2O. The maximum atomic E-state index is 14.2. The van der Waals surface area contributed by atoms with Gasteiger partial charge in [-0.1, -0.05) is 13.8 Å². The number of H-pyrrole nitrogens is 1. The van der Waals surface area contributed by atoms with Crippen molar-refractivity contribution in [3.8, 4) is 6.07 Å². The van der Waals surface area contributed by atoms with Gasteiger partial charge in [-0.05, 0) is 41.1 Å². The van der Waals surface area contributed by atoms with Crippen molar-refractivity contribution in [2.75, 3.05) is 0 Å². The third-order valence-corrected chi connectivity index (χ3v) is 3.75. The molecule has 5 heteroatoms. The van der Waals surface area contributed by atoms with Crippen molar-refractivity contribution in [3.63, 3.8) is 0 Å². The third kappa shape index (κ3) is 2.04. The second kappa shape index (κ2) is 4.92. The average Bonchev–Trinajstić information content (AvgIpc) is 2.47. The molecule has 0 saturated heterocycles. The molecule has 0 amide bonds. The van der Waals surface area contributed by atoms with Gasteiger partial charge in [0.2, 0.25) is 0 Å². The lowest BCUT2D eigenvalue weighted by molar-refractivity contribution is 0.600. The van der Waals surface area contributed by atoms with Crippen LogP contribution in [0.4, 0.5) is 8.78 Å². The number of halogens is 2. The molecule has 0 unspecified atom stereocenters. The summed E-state index contributed by atoms with van der Waals surface area (Å²) in [5, 5.41) is 9.86. The lowest BCUT2D eigenvalue weighted by atomic mass is 9.97. The molecule has 0 radical (unpaired) electrons. The van der Waals surface area contributed by atoms with Crippen molar-refractivity contribution in [1.82, 2.24) is 4.98 Å². The number of aromatic nitrogens is 1. The zero-order valence-electron chi connectivity index (χ0n) is 12.0. The first-order chi connectivity index (χ1) is 10.4. The summed E-state index contributed by atoms with van der Waals surface area (Å²) in [6, 6.07) is 7.08. The van der Waals surface area contributed by atoms with Crippen LogP contribution in [0.3, 0.4) is 0 Å². The highest BCUT2D eigenvalue weighted by atomic mass is 19.1. The Balaban J connectivity index is 2.56. The van der Waals surface area contributed by atoms with Crippen molar-refractivity contribution < 1.29 is 8.78 Å². The maximum Gasteiger partial charge on any atom is 0.256 e. The fourth-order valence-electron chi connectivity index (χ4n) is 2.63. The fourth-order valence-corrected chi connectivity index (χ4v) is 2.63. The molecular weight excluding hydrogens is 286 g/mol. The first kappa shape index (κ1) is 14.2. The molecule has 1 aromatic heterocycles. The summed E-state index contributed by atoms with van der Waals surface area (Å²) in [5.41, 5.74) is 0.0437. The van der Waals surface area contributed by atoms with Gasteiger partial charge in [-0.15, -0.1) is 0 Å². The van der Waals surface area contributed by atoms with Crippen molar-refractivity contribution in [2.45, 2.75) is 19.8 Å². The Kier molecular flexibility index (Phi) is 3.18. The van der Waals surface area contributed by atoms with Crippen LogP contribution in [-0.4, -0.2) is 4.98 Å². The van der Waals surface area contributed by atoms with E-state index in [4.69, 9.17) is 5.26 Å². The Morgan fingerprint density at radius 3 is 2.41 bits per heavy atom. The van der Waals surface area contributed by atoms with E-state index in [1.165, 1.54) is 18.2 Å². The van der Waals surface area contributed by atoms with Crippen LogP contribution in [0.1, 0.15) is 30.9 Å². The van der Waals surface area contributed by atoms with E-state index in [1.54, 1.807) is 0 Å². The molecule has 0 bridgehead atoms. The van der Waals surface area contributed by atoms with E-state index < -0.39 is 17.2 Å². The Labute approximate surface area is 124 Å². The predicted octanol–water partition coefficient (Wildman–Crippen LogP) is 3.95. The molecule has 3 nitrogen and oxygen atoms in total. The van der Waals surface area contributed by atoms with Crippen molar-refractivity contribution >= 4 is 21.7 Å². The Hall–Kier alpha value is -2.74. The molecule has 0 saturated carbocycles. The molecule has 3 rings (SSSR count). The van der Waals surface area contributed by atoms with Crippen LogP contribution in [0, 0.1) is 23.0 Å². The fraction of sp³-hybridized carbons (Fsp3) is 0.176. The molecule has 0 fully saturated rings. The smallest absolute Gasteiger partial charge is 0.256 e. The van der Waals surface area contributed by atoms with Crippen LogP contribution in [0.2, 0.25) is 0 Å². The van der Waals surface area contributed by atoms with Crippen LogP contribution in [0.15, 0.2) is 29.1 Å². The van der Waals surface area contributed by atoms with Gasteiger partial charge >= 0.3 is 0 Å². The highest BCUT2D eigenvalue weighted by Gasteiger charge is 2.15. The van der Waals surface area contributed by atoms with Gasteiger partial charge < -0.3 is 4.98 Å². The molecule has 3 aromatic rings. The average molecular weight is 298 g/mol. The normalized spacial score (nSPS) is 11.3. The first-order valence-electron chi connectivity index (χ1n) is 6.81. The van der Waals surface area contributed by atoms with Crippen LogP contribution >= 0.6 is 0 Å². The summed E-state index contributed by atoms with van der Waals surface area (Å²) in [6.07, 6.45) is 0. The number of nitriles is 1. The standard InChI is InChI=1S/C17H12F2N2O/c1-8(2)10-5-13-11(6-14(10)18)12-3-9(7-20)4-15(19)16(12)21-17(13)22/h3-6,8H,1-2H3,(H,21,22). The highest BCUT2D eigenvalue weighted by molar-refractivity contribution is 6.06. The molecule has 0 aliphatic rings. The van der Waals surface area contributed by atoms with Gasteiger partial charge in [-0.25, -0.2) is 8.78 Å². The number of aromatic amines is 1. The predicted molar refractivity (Wildman–Crippen MR) is 80.8 cm³/mol. The lowest BCUT2D eigenvalue weighted by Gasteiger charge is -2.11. The minimum Gasteiger partial charge on any atom is -0.319 e. The summed E-state index contributed by atoms with van der Waals surface area (Å²) < 4.78 is 28.3. The molecule has 0 aliphatic carbocycles. The topological polar surface area (TPSA) is 56.6 Å². The molecule has 0 aliphatic heterocycles. The van der Waals surface area contributed by atoms with E-state index in [-0.39, 0.29) is 22.4 Å². The Morgan fingerprint density at radius 2 is 1.77 bits per heavy atom. The van der Waals surface area contributed by atoms with Gasteiger partial charge in [0.05, 0.1) is 17.1 Å². The zero-order chi connectivity index (χ0) is 16.0. The number of nitrogens with zero attached hydrogens (tertiary/aromatic N) is 1. The van der Waals surface area contributed by atoms with E-state index in [1.807, 2.05) is 19.9 Å². The van der Waals surface area contributed by atoms with Crippen LogP contribution in [0.25, 0.3) is 21.7 Å². The number of hydrogen-bond acceptors (Lipinski definition) is 2. The van der Waals surface area contributed by atoms with Gasteiger partial charge in [-0.2, -0.15) is 5.26 Å². The van der Waals surface area contributed by atoms with E-state index in [0.29, 0.717) is 16.3 Å². The van der Waals surface area contributed by atoms with E-state index in [9.17, 15) is 13.6 Å². The Bertz CT molecular complexity index is 1010. The van der Waals surface area contributed by atoms with Crippen LogP contribution in [-0.2, 0) is 0 Å². The van der Waals surface area contributed by atoms with Crippen molar-refractivity contribution in [2.24, 2.45) is 0 Å². The number of fused-ring (bicyclic) bond motifs is 3. The number of hydrogen-bond donors (Lipinski definition) is 1. The van der Waals surface area contributed by atoms with Gasteiger partial charge in [0.25, 0.3) is 5.56 Å². The second-order valence-electron chi connectivity index (χ2n) is 5.52. The van der Waals surface area contributed by atoms with Crippen LogP contribution in [0.5, 0.6) is 0 Å². The van der Waals surface area contributed by atoms with Crippen molar-refractivity contribution in [1.29, 1.82) is 5.26 Å². The lowest BCUT2D eigenvalue weighted by Crippen LogP contribution is -2.09. The molecule has 110 valence electrons. The van der Waals surface area contributed by atoms with Gasteiger partial charge in [0, 0.05) is 10.8 Å². The van der Waals surface area contributed by atoms with Gasteiger partial charge in [0.15, 0.2) is 0 Å². The summed E-state index contributed by atoms with van der Waals surface area (Å²) in [6.45, 7) is 3.65. The summed E-state index contributed by atoms with van der Waals surface area (Å²) in [7, 11) is 0. The number of rotatable bonds is 1. The quantitative estimate of drug-likeness (QED) is 0.691. The molecule has 0 spiro atoms. The minimum atomic E-state index is -0.707. The van der Waals surface area contributed by atoms with Crippen LogP contribution < -0.4 is 5.56 Å². The molecule has 2 aromatic carbocycles. The third-order valence-electron chi connectivity index (χ3n) is 3.75. The number of benzene rings is 2. The van der Waals surface area contributed by atoms with E-state index in [2.05, 4.69) is 4.98 Å². The Morgan fingerprint density at radius 1 is 1.05 bits per heavy atom. The summed E-state index contributed by atoms with van der Waals surface area (Å²) in [4.78, 5) is 14.7. The van der Waals surface area contributed by atoms with Crippen molar-refractivity contribution in [3.05, 3.63) is 57.4 Å².